The average molecular weight is 487 g/mol. The molecule has 1 N–H and O–H groups in total. The molecule has 0 spiro atoms. The summed E-state index contributed by atoms with van der Waals surface area (Å²) in [6.07, 6.45) is 8.93. The lowest BCUT2D eigenvalue weighted by atomic mass is 10.1. The van der Waals surface area contributed by atoms with E-state index in [4.69, 9.17) is 21.1 Å². The summed E-state index contributed by atoms with van der Waals surface area (Å²) in [7, 11) is 1.59. The summed E-state index contributed by atoms with van der Waals surface area (Å²) in [6, 6.07) is 11.4. The minimum absolute atomic E-state index is 0.190. The van der Waals surface area contributed by atoms with Gasteiger partial charge in [0.15, 0.2) is 16.7 Å². The number of halogens is 1. The van der Waals surface area contributed by atoms with Crippen molar-refractivity contribution in [3.63, 3.8) is 0 Å². The number of thioether (sulfide) groups is 1. The highest BCUT2D eigenvalue weighted by Gasteiger charge is 2.24. The second kappa shape index (κ2) is 12.7. The molecule has 0 atom stereocenters. The Labute approximate surface area is 205 Å². The third-order valence-electron chi connectivity index (χ3n) is 5.21. The van der Waals surface area contributed by atoms with Gasteiger partial charge in [-0.3, -0.25) is 4.79 Å². The topological polar surface area (TPSA) is 59.9 Å². The molecule has 1 saturated heterocycles. The fraction of sp³-hybridized carbons (Fsp3) is 0.385. The van der Waals surface area contributed by atoms with Gasteiger partial charge in [-0.25, -0.2) is 4.99 Å². The number of benzene rings is 2. The lowest BCUT2D eigenvalue weighted by Gasteiger charge is -2.13. The normalized spacial score (nSPS) is 15.8. The molecule has 1 heterocycles. The molecule has 1 aliphatic rings. The third kappa shape index (κ3) is 7.54. The fourth-order valence-corrected chi connectivity index (χ4v) is 4.50. The number of hydrogen-bond donors (Lipinski definition) is 1. The first kappa shape index (κ1) is 25.2. The number of methoxy groups -OCH3 is 1. The Kier molecular flexibility index (Phi) is 9.70. The first-order valence-corrected chi connectivity index (χ1v) is 12.6. The number of carbonyl (C=O) groups excluding carboxylic acids is 1. The second-order valence-electron chi connectivity index (χ2n) is 7.97. The molecule has 2 aromatic rings. The molecule has 1 amide bonds. The van der Waals surface area contributed by atoms with E-state index in [9.17, 15) is 4.79 Å². The standard InChI is InChI=1S/C26H31ClN2O3S/c1-4-5-6-7-8-9-14-32-24-21(27)15-19(16-22(24)31-3)17-23-25(30)29-26(33-23)28-20-12-10-18(2)11-13-20/h10-13,15-17H,4-9,14H2,1-3H3,(H,28,29,30)/b23-17+. The Balaban J connectivity index is 1.66. The maximum Gasteiger partial charge on any atom is 0.264 e. The van der Waals surface area contributed by atoms with Gasteiger partial charge in [-0.2, -0.15) is 0 Å². The molecular formula is C26H31ClN2O3S. The predicted octanol–water partition coefficient (Wildman–Crippen LogP) is 7.29. The molecule has 0 unspecified atom stereocenters. The van der Waals surface area contributed by atoms with E-state index in [1.807, 2.05) is 37.3 Å². The summed E-state index contributed by atoms with van der Waals surface area (Å²) in [6.45, 7) is 4.83. The number of aryl methyl sites for hydroxylation is 1. The number of amidine groups is 1. The predicted molar refractivity (Wildman–Crippen MR) is 139 cm³/mol. The van der Waals surface area contributed by atoms with Crippen molar-refractivity contribution in [1.82, 2.24) is 5.32 Å². The number of nitrogens with one attached hydrogen (secondary N) is 1. The van der Waals surface area contributed by atoms with Crippen molar-refractivity contribution in [2.24, 2.45) is 4.99 Å². The van der Waals surface area contributed by atoms with Gasteiger partial charge >= 0.3 is 0 Å². The zero-order valence-corrected chi connectivity index (χ0v) is 21.0. The van der Waals surface area contributed by atoms with E-state index in [2.05, 4.69) is 17.2 Å². The molecule has 1 fully saturated rings. The van der Waals surface area contributed by atoms with Gasteiger partial charge in [0.05, 0.1) is 29.3 Å². The van der Waals surface area contributed by atoms with E-state index in [1.54, 1.807) is 19.3 Å². The van der Waals surface area contributed by atoms with Crippen LogP contribution in [0.15, 0.2) is 46.3 Å². The summed E-state index contributed by atoms with van der Waals surface area (Å²) in [4.78, 5) is 17.5. The number of nitrogens with zero attached hydrogens (tertiary/aromatic N) is 1. The van der Waals surface area contributed by atoms with Crippen LogP contribution in [-0.2, 0) is 4.79 Å². The zero-order valence-electron chi connectivity index (χ0n) is 19.4. The minimum Gasteiger partial charge on any atom is -0.493 e. The van der Waals surface area contributed by atoms with Gasteiger partial charge in [0.25, 0.3) is 5.91 Å². The summed E-state index contributed by atoms with van der Waals surface area (Å²) < 4.78 is 11.4. The molecule has 0 aromatic heterocycles. The number of amides is 1. The van der Waals surface area contributed by atoms with E-state index in [0.29, 0.717) is 33.2 Å². The number of aliphatic imine (C=N–C) groups is 1. The molecule has 0 saturated carbocycles. The maximum atomic E-state index is 12.4. The summed E-state index contributed by atoms with van der Waals surface area (Å²) in [5.74, 6) is 0.904. The molecule has 176 valence electrons. The number of ether oxygens (including phenoxy) is 2. The smallest absolute Gasteiger partial charge is 0.264 e. The van der Waals surface area contributed by atoms with Crippen molar-refractivity contribution < 1.29 is 14.3 Å². The third-order valence-corrected chi connectivity index (χ3v) is 6.40. The lowest BCUT2D eigenvalue weighted by Crippen LogP contribution is -2.19. The Morgan fingerprint density at radius 1 is 1.09 bits per heavy atom. The van der Waals surface area contributed by atoms with Crippen LogP contribution in [-0.4, -0.2) is 24.8 Å². The van der Waals surface area contributed by atoms with Crippen molar-refractivity contribution in [2.75, 3.05) is 13.7 Å². The molecule has 3 rings (SSSR count). The van der Waals surface area contributed by atoms with Crippen LogP contribution in [0.2, 0.25) is 5.02 Å². The lowest BCUT2D eigenvalue weighted by molar-refractivity contribution is -0.115. The number of unbranched alkanes of at least 4 members (excludes halogenated alkanes) is 5. The van der Waals surface area contributed by atoms with Gasteiger partial charge in [-0.05, 0) is 61.0 Å². The van der Waals surface area contributed by atoms with Crippen LogP contribution in [0, 0.1) is 6.92 Å². The number of carbonyl (C=O) groups is 1. The molecule has 0 radical (unpaired) electrons. The van der Waals surface area contributed by atoms with Gasteiger partial charge in [-0.15, -0.1) is 0 Å². The molecule has 0 aliphatic carbocycles. The summed E-state index contributed by atoms with van der Waals surface area (Å²) in [5, 5.41) is 3.82. The van der Waals surface area contributed by atoms with Crippen molar-refractivity contribution in [2.45, 2.75) is 52.4 Å². The first-order valence-electron chi connectivity index (χ1n) is 11.4. The highest BCUT2D eigenvalue weighted by atomic mass is 35.5. The SMILES string of the molecule is CCCCCCCCOc1c(Cl)cc(/C=C2/SC(=Nc3ccc(C)cc3)NC2=O)cc1OC. The van der Waals surface area contributed by atoms with Crippen LogP contribution in [0.5, 0.6) is 11.5 Å². The van der Waals surface area contributed by atoms with E-state index in [-0.39, 0.29) is 5.91 Å². The summed E-state index contributed by atoms with van der Waals surface area (Å²) >= 11 is 7.80. The molecule has 33 heavy (non-hydrogen) atoms. The Morgan fingerprint density at radius 3 is 2.55 bits per heavy atom. The molecule has 0 bridgehead atoms. The monoisotopic (exact) mass is 486 g/mol. The Bertz CT molecular complexity index is 1020. The van der Waals surface area contributed by atoms with E-state index in [0.717, 1.165) is 29.7 Å². The number of rotatable bonds is 11. The van der Waals surface area contributed by atoms with Crippen molar-refractivity contribution in [3.05, 3.63) is 57.5 Å². The highest BCUT2D eigenvalue weighted by Crippen LogP contribution is 2.38. The van der Waals surface area contributed by atoms with Gasteiger partial charge < -0.3 is 14.8 Å². The zero-order chi connectivity index (χ0) is 23.6. The largest absolute Gasteiger partial charge is 0.493 e. The minimum atomic E-state index is -0.190. The van der Waals surface area contributed by atoms with Gasteiger partial charge in [0, 0.05) is 0 Å². The van der Waals surface area contributed by atoms with Gasteiger partial charge in [0.1, 0.15) is 0 Å². The van der Waals surface area contributed by atoms with Crippen LogP contribution in [0.25, 0.3) is 6.08 Å². The highest BCUT2D eigenvalue weighted by molar-refractivity contribution is 8.18. The van der Waals surface area contributed by atoms with Crippen molar-refractivity contribution >= 4 is 46.2 Å². The molecule has 5 nitrogen and oxygen atoms in total. The fourth-order valence-electron chi connectivity index (χ4n) is 3.39. The molecule has 1 aliphatic heterocycles. The Morgan fingerprint density at radius 2 is 1.82 bits per heavy atom. The van der Waals surface area contributed by atoms with Crippen LogP contribution >= 0.6 is 23.4 Å². The molecule has 2 aromatic carbocycles. The van der Waals surface area contributed by atoms with Crippen LogP contribution in [0.1, 0.15) is 56.6 Å². The number of hydrogen-bond acceptors (Lipinski definition) is 5. The molecular weight excluding hydrogens is 456 g/mol. The average Bonchev–Trinajstić information content (AvgIpc) is 3.14. The Hall–Kier alpha value is -2.44. The van der Waals surface area contributed by atoms with Crippen molar-refractivity contribution in [3.8, 4) is 11.5 Å². The van der Waals surface area contributed by atoms with Crippen LogP contribution in [0.3, 0.4) is 0 Å². The van der Waals surface area contributed by atoms with E-state index in [1.165, 1.54) is 37.4 Å². The van der Waals surface area contributed by atoms with Crippen LogP contribution in [0.4, 0.5) is 5.69 Å². The van der Waals surface area contributed by atoms with E-state index < -0.39 is 0 Å². The molecule has 7 heteroatoms. The quantitative estimate of drug-likeness (QED) is 0.267. The second-order valence-corrected chi connectivity index (χ2v) is 9.41. The maximum absolute atomic E-state index is 12.4. The summed E-state index contributed by atoms with van der Waals surface area (Å²) in [5.41, 5.74) is 2.71. The van der Waals surface area contributed by atoms with Gasteiger partial charge in [0.2, 0.25) is 0 Å². The van der Waals surface area contributed by atoms with Crippen molar-refractivity contribution in [1.29, 1.82) is 0 Å². The van der Waals surface area contributed by atoms with Crippen LogP contribution < -0.4 is 14.8 Å². The van der Waals surface area contributed by atoms with Gasteiger partial charge in [-0.1, -0.05) is 68.3 Å². The first-order chi connectivity index (χ1) is 16.0. The van der Waals surface area contributed by atoms with E-state index >= 15 is 0 Å².